The number of amides is 1. The Morgan fingerprint density at radius 1 is 1.19 bits per heavy atom. The second-order valence-electron chi connectivity index (χ2n) is 7.76. The summed E-state index contributed by atoms with van der Waals surface area (Å²) < 4.78 is 13.9. The summed E-state index contributed by atoms with van der Waals surface area (Å²) >= 11 is 0. The monoisotopic (exact) mass is 538 g/mol. The molecular weight excluding hydrogens is 506 g/mol. The van der Waals surface area contributed by atoms with Gasteiger partial charge in [-0.05, 0) is 55.5 Å². The van der Waals surface area contributed by atoms with Gasteiger partial charge in [-0.2, -0.15) is 0 Å². The number of rotatable bonds is 7. The molecule has 2 aromatic carbocycles. The van der Waals surface area contributed by atoms with Gasteiger partial charge in [0.2, 0.25) is 5.91 Å². The van der Waals surface area contributed by atoms with Gasteiger partial charge in [0.05, 0.1) is 6.04 Å². The molecule has 0 radical (unpaired) electrons. The molecule has 1 unspecified atom stereocenters. The van der Waals surface area contributed by atoms with E-state index in [1.54, 1.807) is 19.1 Å². The molecular formula is C24H32FIN4O. The number of hydrogen-bond donors (Lipinski definition) is 2. The van der Waals surface area contributed by atoms with Gasteiger partial charge in [-0.1, -0.05) is 36.4 Å². The first-order valence-electron chi connectivity index (χ1n) is 10.6. The maximum atomic E-state index is 13.9. The van der Waals surface area contributed by atoms with E-state index in [9.17, 15) is 9.18 Å². The van der Waals surface area contributed by atoms with E-state index in [1.165, 1.54) is 11.1 Å². The Labute approximate surface area is 201 Å². The third-order valence-corrected chi connectivity index (χ3v) is 5.41. The number of nitrogens with zero attached hydrogens (tertiary/aromatic N) is 2. The predicted molar refractivity (Wildman–Crippen MR) is 134 cm³/mol. The highest BCUT2D eigenvalue weighted by Crippen LogP contribution is 2.23. The van der Waals surface area contributed by atoms with E-state index in [0.29, 0.717) is 44.0 Å². The quantitative estimate of drug-likeness (QED) is 0.233. The summed E-state index contributed by atoms with van der Waals surface area (Å²) in [6.07, 6.45) is 1.17. The lowest BCUT2D eigenvalue weighted by Crippen LogP contribution is -2.38. The van der Waals surface area contributed by atoms with E-state index in [-0.39, 0.29) is 41.7 Å². The van der Waals surface area contributed by atoms with Crippen LogP contribution in [0.25, 0.3) is 0 Å². The van der Waals surface area contributed by atoms with Crippen molar-refractivity contribution in [1.82, 2.24) is 15.5 Å². The summed E-state index contributed by atoms with van der Waals surface area (Å²) in [5.74, 6) is 0.639. The fourth-order valence-corrected chi connectivity index (χ4v) is 3.58. The minimum atomic E-state index is -0.203. The Kier molecular flexibility index (Phi) is 9.74. The van der Waals surface area contributed by atoms with Crippen LogP contribution in [0, 0.1) is 12.7 Å². The standard InChI is InChI=1S/C24H31FN4O.HI/c1-4-26-24(28-18(3)19-12-11-17(2)22(25)14-19)27-13-7-10-23(30)29-15-20-8-5-6-9-21(20)16-29;/h5-6,8-9,11-12,14,18H,4,7,10,13,15-16H2,1-3H3,(H2,26,27,28);1H. The maximum absolute atomic E-state index is 13.9. The van der Waals surface area contributed by atoms with Crippen LogP contribution in [0.15, 0.2) is 47.5 Å². The summed E-state index contributed by atoms with van der Waals surface area (Å²) in [7, 11) is 0. The zero-order chi connectivity index (χ0) is 21.5. The van der Waals surface area contributed by atoms with Crippen LogP contribution in [-0.2, 0) is 17.9 Å². The summed E-state index contributed by atoms with van der Waals surface area (Å²) in [6.45, 7) is 8.42. The summed E-state index contributed by atoms with van der Waals surface area (Å²) in [5.41, 5.74) is 3.98. The van der Waals surface area contributed by atoms with Crippen molar-refractivity contribution in [2.45, 2.75) is 52.7 Å². The van der Waals surface area contributed by atoms with Crippen LogP contribution in [0.5, 0.6) is 0 Å². The molecule has 5 nitrogen and oxygen atoms in total. The van der Waals surface area contributed by atoms with E-state index in [2.05, 4.69) is 27.8 Å². The van der Waals surface area contributed by atoms with Crippen molar-refractivity contribution in [1.29, 1.82) is 0 Å². The Bertz CT molecular complexity index is 893. The minimum absolute atomic E-state index is 0. The number of aliphatic imine (C=N–C) groups is 1. The van der Waals surface area contributed by atoms with Crippen LogP contribution in [-0.4, -0.2) is 29.9 Å². The largest absolute Gasteiger partial charge is 0.357 e. The van der Waals surface area contributed by atoms with Crippen LogP contribution >= 0.6 is 24.0 Å². The average molecular weight is 538 g/mol. The van der Waals surface area contributed by atoms with Crippen molar-refractivity contribution in [3.05, 3.63) is 70.5 Å². The van der Waals surface area contributed by atoms with Gasteiger partial charge >= 0.3 is 0 Å². The Morgan fingerprint density at radius 2 is 1.87 bits per heavy atom. The van der Waals surface area contributed by atoms with Crippen LogP contribution < -0.4 is 10.6 Å². The van der Waals surface area contributed by atoms with Crippen molar-refractivity contribution in [2.75, 3.05) is 13.1 Å². The summed E-state index contributed by atoms with van der Waals surface area (Å²) in [5, 5.41) is 6.53. The van der Waals surface area contributed by atoms with Crippen molar-refractivity contribution in [3.63, 3.8) is 0 Å². The third-order valence-electron chi connectivity index (χ3n) is 5.41. The molecule has 1 heterocycles. The van der Waals surface area contributed by atoms with E-state index >= 15 is 0 Å². The molecule has 2 aromatic rings. The molecule has 0 bridgehead atoms. The first-order chi connectivity index (χ1) is 14.5. The molecule has 31 heavy (non-hydrogen) atoms. The van der Waals surface area contributed by atoms with Crippen molar-refractivity contribution < 1.29 is 9.18 Å². The van der Waals surface area contributed by atoms with Gasteiger partial charge in [-0.3, -0.25) is 9.79 Å². The van der Waals surface area contributed by atoms with Crippen LogP contribution in [0.2, 0.25) is 0 Å². The molecule has 1 aliphatic heterocycles. The van der Waals surface area contributed by atoms with Gasteiger partial charge in [-0.15, -0.1) is 24.0 Å². The summed E-state index contributed by atoms with van der Waals surface area (Å²) in [6, 6.07) is 13.4. The first-order valence-corrected chi connectivity index (χ1v) is 10.6. The number of guanidine groups is 1. The number of hydrogen-bond acceptors (Lipinski definition) is 2. The number of carbonyl (C=O) groups is 1. The van der Waals surface area contributed by atoms with Gasteiger partial charge in [0, 0.05) is 32.6 Å². The maximum Gasteiger partial charge on any atom is 0.223 e. The molecule has 168 valence electrons. The van der Waals surface area contributed by atoms with Crippen molar-refractivity contribution >= 4 is 35.8 Å². The van der Waals surface area contributed by atoms with E-state index in [4.69, 9.17) is 0 Å². The van der Waals surface area contributed by atoms with Crippen LogP contribution in [0.3, 0.4) is 0 Å². The van der Waals surface area contributed by atoms with Crippen molar-refractivity contribution in [3.8, 4) is 0 Å². The molecule has 1 atom stereocenters. The number of aryl methyl sites for hydroxylation is 1. The SMILES string of the molecule is CCNC(=NCCCC(=O)N1Cc2ccccc2C1)NC(C)c1ccc(C)c(F)c1.I. The van der Waals surface area contributed by atoms with Gasteiger partial charge in [0.25, 0.3) is 0 Å². The average Bonchev–Trinajstić information content (AvgIpc) is 3.17. The van der Waals surface area contributed by atoms with Gasteiger partial charge in [0.15, 0.2) is 5.96 Å². The second-order valence-corrected chi connectivity index (χ2v) is 7.76. The lowest BCUT2D eigenvalue weighted by atomic mass is 10.1. The van der Waals surface area contributed by atoms with E-state index < -0.39 is 0 Å². The van der Waals surface area contributed by atoms with Crippen molar-refractivity contribution in [2.24, 2.45) is 4.99 Å². The molecule has 0 aliphatic carbocycles. The zero-order valence-electron chi connectivity index (χ0n) is 18.5. The molecule has 0 fully saturated rings. The second kappa shape index (κ2) is 12.0. The highest BCUT2D eigenvalue weighted by atomic mass is 127. The van der Waals surface area contributed by atoms with E-state index in [1.807, 2.05) is 36.9 Å². The Balaban J connectivity index is 0.00000341. The fourth-order valence-electron chi connectivity index (χ4n) is 3.58. The highest BCUT2D eigenvalue weighted by Gasteiger charge is 2.22. The molecule has 2 N–H and O–H groups in total. The van der Waals surface area contributed by atoms with E-state index in [0.717, 1.165) is 12.1 Å². The molecule has 0 spiro atoms. The minimum Gasteiger partial charge on any atom is -0.357 e. The fraction of sp³-hybridized carbons (Fsp3) is 0.417. The molecule has 0 aromatic heterocycles. The Hall–Kier alpha value is -2.16. The lowest BCUT2D eigenvalue weighted by Gasteiger charge is -2.19. The lowest BCUT2D eigenvalue weighted by molar-refractivity contribution is -0.131. The number of benzene rings is 2. The number of halogens is 2. The first kappa shape index (κ1) is 25.1. The normalized spacial score (nSPS) is 13.9. The molecule has 0 saturated heterocycles. The molecule has 0 saturated carbocycles. The molecule has 3 rings (SSSR count). The van der Waals surface area contributed by atoms with Gasteiger partial charge < -0.3 is 15.5 Å². The Morgan fingerprint density at radius 3 is 2.48 bits per heavy atom. The number of nitrogens with one attached hydrogen (secondary N) is 2. The summed E-state index contributed by atoms with van der Waals surface area (Å²) in [4.78, 5) is 19.0. The molecule has 1 aliphatic rings. The predicted octanol–water partition coefficient (Wildman–Crippen LogP) is 4.69. The van der Waals surface area contributed by atoms with Crippen LogP contribution in [0.1, 0.15) is 55.0 Å². The van der Waals surface area contributed by atoms with Gasteiger partial charge in [0.1, 0.15) is 5.82 Å². The van der Waals surface area contributed by atoms with Crippen LogP contribution in [0.4, 0.5) is 4.39 Å². The number of fused-ring (bicyclic) bond motifs is 1. The molecule has 7 heteroatoms. The zero-order valence-corrected chi connectivity index (χ0v) is 20.8. The van der Waals surface area contributed by atoms with Gasteiger partial charge in [-0.25, -0.2) is 4.39 Å². The molecule has 1 amide bonds. The number of carbonyl (C=O) groups excluding carboxylic acids is 1. The highest BCUT2D eigenvalue weighted by molar-refractivity contribution is 14.0. The smallest absolute Gasteiger partial charge is 0.223 e. The topological polar surface area (TPSA) is 56.7 Å². The third kappa shape index (κ3) is 6.92.